The summed E-state index contributed by atoms with van der Waals surface area (Å²) in [5.74, 6) is 0.494. The number of anilines is 1. The molecule has 1 aromatic heterocycles. The predicted octanol–water partition coefficient (Wildman–Crippen LogP) is 3.63. The van der Waals surface area contributed by atoms with Gasteiger partial charge in [-0.3, -0.25) is 4.98 Å². The lowest BCUT2D eigenvalue weighted by Gasteiger charge is -2.12. The van der Waals surface area contributed by atoms with Crippen molar-refractivity contribution in [3.05, 3.63) is 54.0 Å². The topological polar surface area (TPSA) is 81.2 Å². The molecule has 0 unspecified atom stereocenters. The van der Waals surface area contributed by atoms with Gasteiger partial charge in [0.1, 0.15) is 29.1 Å². The van der Waals surface area contributed by atoms with Crippen molar-refractivity contribution in [3.8, 4) is 23.3 Å². The minimum Gasteiger partial charge on any atom is -0.495 e. The van der Waals surface area contributed by atoms with E-state index >= 15 is 0 Å². The van der Waals surface area contributed by atoms with Crippen LogP contribution in [0.2, 0.25) is 0 Å². The summed E-state index contributed by atoms with van der Waals surface area (Å²) in [6.45, 7) is 0. The summed E-state index contributed by atoms with van der Waals surface area (Å²) >= 11 is 0. The van der Waals surface area contributed by atoms with E-state index in [2.05, 4.69) is 11.1 Å². The molecular formula is C17H12FN3O2. The molecular weight excluding hydrogens is 297 g/mol. The number of pyridine rings is 1. The van der Waals surface area contributed by atoms with Gasteiger partial charge < -0.3 is 15.2 Å². The summed E-state index contributed by atoms with van der Waals surface area (Å²) < 4.78 is 24.4. The maximum Gasteiger partial charge on any atom is 0.153 e. The smallest absolute Gasteiger partial charge is 0.153 e. The van der Waals surface area contributed by atoms with Crippen molar-refractivity contribution in [2.24, 2.45) is 0 Å². The van der Waals surface area contributed by atoms with Gasteiger partial charge in [-0.2, -0.15) is 5.26 Å². The number of nitrogens with two attached hydrogens (primary N) is 1. The number of nitriles is 1. The Hall–Kier alpha value is -3.33. The summed E-state index contributed by atoms with van der Waals surface area (Å²) in [6.07, 6.45) is 1.55. The largest absolute Gasteiger partial charge is 0.495 e. The highest BCUT2D eigenvalue weighted by atomic mass is 19.1. The predicted molar refractivity (Wildman–Crippen MR) is 83.9 cm³/mol. The number of ether oxygens (including phenoxy) is 2. The molecule has 1 heterocycles. The van der Waals surface area contributed by atoms with Crippen molar-refractivity contribution in [3.63, 3.8) is 0 Å². The van der Waals surface area contributed by atoms with Crippen LogP contribution in [-0.4, -0.2) is 12.1 Å². The van der Waals surface area contributed by atoms with Gasteiger partial charge in [0, 0.05) is 17.6 Å². The van der Waals surface area contributed by atoms with Crippen LogP contribution < -0.4 is 15.2 Å². The molecule has 2 N–H and O–H groups in total. The van der Waals surface area contributed by atoms with Crippen LogP contribution in [0.5, 0.6) is 17.2 Å². The maximum absolute atomic E-state index is 13.5. The van der Waals surface area contributed by atoms with Crippen LogP contribution in [0.25, 0.3) is 10.9 Å². The van der Waals surface area contributed by atoms with Crippen molar-refractivity contribution in [1.82, 2.24) is 4.98 Å². The minimum atomic E-state index is -0.555. The number of nitrogens with zero attached hydrogens (tertiary/aromatic N) is 2. The number of nitrogen functional groups attached to an aromatic ring is 1. The van der Waals surface area contributed by atoms with Gasteiger partial charge in [-0.1, -0.05) is 6.07 Å². The third-order valence-corrected chi connectivity index (χ3v) is 3.38. The van der Waals surface area contributed by atoms with Crippen LogP contribution in [0, 0.1) is 17.1 Å². The van der Waals surface area contributed by atoms with Gasteiger partial charge in [-0.25, -0.2) is 4.39 Å². The first-order valence-electron chi connectivity index (χ1n) is 6.72. The van der Waals surface area contributed by atoms with Gasteiger partial charge in [0.2, 0.25) is 0 Å². The summed E-state index contributed by atoms with van der Waals surface area (Å²) in [5.41, 5.74) is 6.55. The molecule has 5 nitrogen and oxygen atoms in total. The van der Waals surface area contributed by atoms with Crippen molar-refractivity contribution in [1.29, 1.82) is 5.26 Å². The lowest BCUT2D eigenvalue weighted by atomic mass is 10.1. The molecule has 0 amide bonds. The van der Waals surface area contributed by atoms with E-state index in [-0.39, 0.29) is 11.4 Å². The fourth-order valence-corrected chi connectivity index (χ4v) is 2.22. The average molecular weight is 309 g/mol. The van der Waals surface area contributed by atoms with Gasteiger partial charge in [-0.15, -0.1) is 0 Å². The number of rotatable bonds is 3. The van der Waals surface area contributed by atoms with Gasteiger partial charge in [0.15, 0.2) is 5.75 Å². The molecule has 0 aliphatic heterocycles. The van der Waals surface area contributed by atoms with Crippen LogP contribution in [0.1, 0.15) is 5.56 Å². The SMILES string of the molecule is COc1cc2nccc(Oc3cccc(F)c3N)c2cc1C#N. The molecule has 23 heavy (non-hydrogen) atoms. The monoisotopic (exact) mass is 309 g/mol. The fraction of sp³-hybridized carbons (Fsp3) is 0.0588. The van der Waals surface area contributed by atoms with E-state index in [0.29, 0.717) is 28.0 Å². The van der Waals surface area contributed by atoms with E-state index in [1.165, 1.54) is 19.2 Å². The molecule has 0 bridgehead atoms. The first-order valence-corrected chi connectivity index (χ1v) is 6.72. The number of aromatic nitrogens is 1. The van der Waals surface area contributed by atoms with E-state index in [9.17, 15) is 9.65 Å². The van der Waals surface area contributed by atoms with Crippen molar-refractivity contribution < 1.29 is 13.9 Å². The van der Waals surface area contributed by atoms with Crippen LogP contribution in [-0.2, 0) is 0 Å². The molecule has 0 saturated heterocycles. The zero-order chi connectivity index (χ0) is 16.4. The van der Waals surface area contributed by atoms with Crippen LogP contribution >= 0.6 is 0 Å². The zero-order valence-electron chi connectivity index (χ0n) is 12.2. The standard InChI is InChI=1S/C17H12FN3O2/c1-22-16-8-13-11(7-10(16)9-19)14(5-6-21-13)23-15-4-2-3-12(18)17(15)20/h2-8H,20H2,1H3. The maximum atomic E-state index is 13.5. The van der Waals surface area contributed by atoms with Crippen molar-refractivity contribution in [2.75, 3.05) is 12.8 Å². The normalized spacial score (nSPS) is 10.3. The number of benzene rings is 2. The highest BCUT2D eigenvalue weighted by Crippen LogP contribution is 2.35. The summed E-state index contributed by atoms with van der Waals surface area (Å²) in [5, 5.41) is 9.81. The van der Waals surface area contributed by atoms with E-state index < -0.39 is 5.82 Å². The van der Waals surface area contributed by atoms with Gasteiger partial charge >= 0.3 is 0 Å². The minimum absolute atomic E-state index is 0.0773. The molecule has 3 rings (SSSR count). The Morgan fingerprint density at radius 3 is 2.74 bits per heavy atom. The van der Waals surface area contributed by atoms with E-state index in [4.69, 9.17) is 15.2 Å². The molecule has 0 fully saturated rings. The second-order valence-electron chi connectivity index (χ2n) is 4.74. The quantitative estimate of drug-likeness (QED) is 0.747. The molecule has 0 aliphatic carbocycles. The first-order chi connectivity index (χ1) is 11.1. The number of fused-ring (bicyclic) bond motifs is 1. The molecule has 0 aliphatic rings. The molecule has 114 valence electrons. The van der Waals surface area contributed by atoms with Crippen molar-refractivity contribution in [2.45, 2.75) is 0 Å². The average Bonchev–Trinajstić information content (AvgIpc) is 2.58. The molecule has 0 atom stereocenters. The summed E-state index contributed by atoms with van der Waals surface area (Å²) in [4.78, 5) is 4.23. The number of hydrogen-bond acceptors (Lipinski definition) is 5. The van der Waals surface area contributed by atoms with Crippen LogP contribution in [0.15, 0.2) is 42.6 Å². The molecule has 0 spiro atoms. The lowest BCUT2D eigenvalue weighted by Crippen LogP contribution is -1.96. The third kappa shape index (κ3) is 2.60. The number of methoxy groups -OCH3 is 1. The highest BCUT2D eigenvalue weighted by molar-refractivity contribution is 5.88. The third-order valence-electron chi connectivity index (χ3n) is 3.38. The van der Waals surface area contributed by atoms with Crippen LogP contribution in [0.4, 0.5) is 10.1 Å². The Labute approximate surface area is 131 Å². The number of para-hydroxylation sites is 1. The second-order valence-corrected chi connectivity index (χ2v) is 4.74. The zero-order valence-corrected chi connectivity index (χ0v) is 12.2. The Morgan fingerprint density at radius 2 is 2.00 bits per heavy atom. The molecule has 0 radical (unpaired) electrons. The lowest BCUT2D eigenvalue weighted by molar-refractivity contribution is 0.414. The molecule has 2 aromatic carbocycles. The highest BCUT2D eigenvalue weighted by Gasteiger charge is 2.12. The number of hydrogen-bond donors (Lipinski definition) is 1. The molecule has 6 heteroatoms. The van der Waals surface area contributed by atoms with Crippen molar-refractivity contribution >= 4 is 16.6 Å². The van der Waals surface area contributed by atoms with Gasteiger partial charge in [0.05, 0.1) is 18.2 Å². The summed E-state index contributed by atoms with van der Waals surface area (Å²) in [7, 11) is 1.48. The second kappa shape index (κ2) is 5.81. The Morgan fingerprint density at radius 1 is 1.17 bits per heavy atom. The van der Waals surface area contributed by atoms with E-state index in [1.807, 2.05) is 0 Å². The Bertz CT molecular complexity index is 935. The van der Waals surface area contributed by atoms with Gasteiger partial charge in [-0.05, 0) is 24.3 Å². The Balaban J connectivity index is 2.15. The van der Waals surface area contributed by atoms with E-state index in [1.54, 1.807) is 30.5 Å². The first kappa shape index (κ1) is 14.6. The van der Waals surface area contributed by atoms with E-state index in [0.717, 1.165) is 0 Å². The summed E-state index contributed by atoms with van der Waals surface area (Å²) in [6, 6.07) is 11.3. The fourth-order valence-electron chi connectivity index (χ4n) is 2.22. The molecule has 0 saturated carbocycles. The van der Waals surface area contributed by atoms with Crippen LogP contribution in [0.3, 0.4) is 0 Å². The number of halogens is 1. The molecule has 3 aromatic rings. The van der Waals surface area contributed by atoms with Gasteiger partial charge in [0.25, 0.3) is 0 Å². The Kier molecular flexibility index (Phi) is 3.69.